The first kappa shape index (κ1) is 19.2. The van der Waals surface area contributed by atoms with Gasteiger partial charge in [-0.3, -0.25) is 0 Å². The topological polar surface area (TPSA) is 45.7 Å². The van der Waals surface area contributed by atoms with Crippen molar-refractivity contribution in [3.8, 4) is 0 Å². The number of hydrogen-bond acceptors (Lipinski definition) is 2. The van der Waals surface area contributed by atoms with Crippen molar-refractivity contribution in [2.45, 2.75) is 26.6 Å². The second-order valence-electron chi connectivity index (χ2n) is 5.50. The molecule has 6 heteroatoms. The minimum atomic E-state index is -0.265. The highest BCUT2D eigenvalue weighted by molar-refractivity contribution is 6.31. The summed E-state index contributed by atoms with van der Waals surface area (Å²) in [6.07, 6.45) is 0. The Morgan fingerprint density at radius 1 is 1.16 bits per heavy atom. The lowest BCUT2D eigenvalue weighted by molar-refractivity contribution is 0.181. The number of aliphatic imine (C=N–C) groups is 1. The molecule has 0 aliphatic rings. The summed E-state index contributed by atoms with van der Waals surface area (Å²) in [5.74, 6) is 0.415. The van der Waals surface area contributed by atoms with Crippen LogP contribution in [0.3, 0.4) is 0 Å². The molecule has 0 atom stereocenters. The highest BCUT2D eigenvalue weighted by Gasteiger charge is 2.05. The van der Waals surface area contributed by atoms with Crippen molar-refractivity contribution >= 4 is 17.6 Å². The molecule has 0 saturated heterocycles. The van der Waals surface area contributed by atoms with Gasteiger partial charge in [0.1, 0.15) is 5.82 Å². The molecule has 2 aromatic rings. The Bertz CT molecular complexity index is 722. The summed E-state index contributed by atoms with van der Waals surface area (Å²) in [5.41, 5.74) is 2.45. The lowest BCUT2D eigenvalue weighted by atomic mass is 10.1. The summed E-state index contributed by atoms with van der Waals surface area (Å²) < 4.78 is 18.7. The Labute approximate surface area is 153 Å². The molecule has 4 nitrogen and oxygen atoms in total. The zero-order valence-electron chi connectivity index (χ0n) is 14.5. The number of guanidine groups is 1. The van der Waals surface area contributed by atoms with E-state index in [1.54, 1.807) is 19.2 Å². The minimum absolute atomic E-state index is 0.244. The summed E-state index contributed by atoms with van der Waals surface area (Å²) in [4.78, 5) is 4.55. The monoisotopic (exact) mass is 363 g/mol. The molecule has 0 heterocycles. The van der Waals surface area contributed by atoms with Crippen LogP contribution in [0.1, 0.15) is 23.6 Å². The fourth-order valence-electron chi connectivity index (χ4n) is 2.33. The van der Waals surface area contributed by atoms with Gasteiger partial charge in [0, 0.05) is 30.8 Å². The molecule has 0 aliphatic carbocycles. The van der Waals surface area contributed by atoms with Crippen LogP contribution in [0.2, 0.25) is 5.02 Å². The van der Waals surface area contributed by atoms with Gasteiger partial charge >= 0.3 is 0 Å². The van der Waals surface area contributed by atoms with Crippen LogP contribution >= 0.6 is 11.6 Å². The van der Waals surface area contributed by atoms with E-state index in [0.717, 1.165) is 17.7 Å². The van der Waals surface area contributed by atoms with Gasteiger partial charge < -0.3 is 15.4 Å². The van der Waals surface area contributed by atoms with Gasteiger partial charge in [0.25, 0.3) is 0 Å². The predicted octanol–water partition coefficient (Wildman–Crippen LogP) is 3.88. The second kappa shape index (κ2) is 10.0. The van der Waals surface area contributed by atoms with E-state index >= 15 is 0 Å². The maximum atomic E-state index is 13.7. The third-order valence-corrected chi connectivity index (χ3v) is 3.95. The molecule has 0 spiro atoms. The molecule has 0 saturated carbocycles. The Balaban J connectivity index is 2.04. The zero-order chi connectivity index (χ0) is 18.1. The average molecular weight is 364 g/mol. The highest BCUT2D eigenvalue weighted by atomic mass is 35.5. The van der Waals surface area contributed by atoms with Crippen molar-refractivity contribution in [2.75, 3.05) is 13.7 Å². The first-order valence-electron chi connectivity index (χ1n) is 8.15. The van der Waals surface area contributed by atoms with E-state index in [9.17, 15) is 4.39 Å². The van der Waals surface area contributed by atoms with E-state index in [-0.39, 0.29) is 12.4 Å². The number of rotatable bonds is 7. The van der Waals surface area contributed by atoms with Crippen LogP contribution < -0.4 is 10.6 Å². The normalized spacial score (nSPS) is 11.4. The fourth-order valence-corrected chi connectivity index (χ4v) is 2.53. The molecule has 0 aromatic heterocycles. The molecule has 2 N–H and O–H groups in total. The zero-order valence-corrected chi connectivity index (χ0v) is 15.2. The van der Waals surface area contributed by atoms with E-state index in [1.165, 1.54) is 6.07 Å². The number of methoxy groups -OCH3 is 1. The molecule has 0 aliphatic heterocycles. The Morgan fingerprint density at radius 2 is 1.96 bits per heavy atom. The van der Waals surface area contributed by atoms with Crippen molar-refractivity contribution in [1.29, 1.82) is 0 Å². The molecule has 0 radical (unpaired) electrons. The van der Waals surface area contributed by atoms with Crippen molar-refractivity contribution < 1.29 is 9.13 Å². The Hall–Kier alpha value is -2.11. The quantitative estimate of drug-likeness (QED) is 0.579. The molecular formula is C19H23ClFN3O. The lowest BCUT2D eigenvalue weighted by Gasteiger charge is -2.12. The molecule has 0 fully saturated rings. The van der Waals surface area contributed by atoms with Crippen LogP contribution in [0.4, 0.5) is 4.39 Å². The smallest absolute Gasteiger partial charge is 0.191 e. The first-order valence-corrected chi connectivity index (χ1v) is 8.53. The highest BCUT2D eigenvalue weighted by Crippen LogP contribution is 2.14. The summed E-state index contributed by atoms with van der Waals surface area (Å²) in [6.45, 7) is 4.00. The third kappa shape index (κ3) is 6.03. The second-order valence-corrected chi connectivity index (χ2v) is 5.91. The predicted molar refractivity (Wildman–Crippen MR) is 100 cm³/mol. The number of nitrogens with one attached hydrogen (secondary N) is 2. The standard InChI is InChI=1S/C19H23ClFN3O/c1-3-22-19(24-12-15-6-4-5-7-17(15)20)23-11-14-8-9-18(21)16(10-14)13-25-2/h4-10H,3,11-13H2,1-2H3,(H2,22,23,24). The molecule has 25 heavy (non-hydrogen) atoms. The number of halogens is 2. The lowest BCUT2D eigenvalue weighted by Crippen LogP contribution is -2.36. The van der Waals surface area contributed by atoms with Crippen LogP contribution in [0.25, 0.3) is 0 Å². The van der Waals surface area contributed by atoms with Gasteiger partial charge in [-0.2, -0.15) is 0 Å². The van der Waals surface area contributed by atoms with E-state index in [1.807, 2.05) is 31.2 Å². The number of benzene rings is 2. The third-order valence-electron chi connectivity index (χ3n) is 3.58. The Morgan fingerprint density at radius 3 is 2.68 bits per heavy atom. The summed E-state index contributed by atoms with van der Waals surface area (Å²) in [7, 11) is 1.55. The molecule has 0 unspecified atom stereocenters. The maximum Gasteiger partial charge on any atom is 0.191 e. The van der Waals surface area contributed by atoms with E-state index in [4.69, 9.17) is 16.3 Å². The summed E-state index contributed by atoms with van der Waals surface area (Å²) in [5, 5.41) is 7.16. The molecule has 2 rings (SSSR count). The molecule has 0 amide bonds. The van der Waals surface area contributed by atoms with Crippen molar-refractivity contribution in [3.05, 3.63) is 70.0 Å². The van der Waals surface area contributed by atoms with Gasteiger partial charge in [-0.1, -0.05) is 35.9 Å². The van der Waals surface area contributed by atoms with Gasteiger partial charge in [0.05, 0.1) is 13.2 Å². The largest absolute Gasteiger partial charge is 0.380 e. The summed E-state index contributed by atoms with van der Waals surface area (Å²) in [6, 6.07) is 12.6. The molecule has 0 bridgehead atoms. The van der Waals surface area contributed by atoms with Crippen LogP contribution in [0, 0.1) is 5.82 Å². The van der Waals surface area contributed by atoms with Gasteiger partial charge in [-0.25, -0.2) is 9.38 Å². The number of hydrogen-bond donors (Lipinski definition) is 2. The SMILES string of the molecule is CCNC(=NCc1ccc(F)c(COC)c1)NCc1ccccc1Cl. The average Bonchev–Trinajstić information content (AvgIpc) is 2.61. The van der Waals surface area contributed by atoms with E-state index in [2.05, 4.69) is 15.6 Å². The van der Waals surface area contributed by atoms with Gasteiger partial charge in [-0.05, 0) is 36.2 Å². The minimum Gasteiger partial charge on any atom is -0.380 e. The van der Waals surface area contributed by atoms with E-state index < -0.39 is 0 Å². The van der Waals surface area contributed by atoms with Crippen molar-refractivity contribution in [1.82, 2.24) is 10.6 Å². The van der Waals surface area contributed by atoms with Gasteiger partial charge in [-0.15, -0.1) is 0 Å². The van der Waals surface area contributed by atoms with Gasteiger partial charge in [0.2, 0.25) is 0 Å². The van der Waals surface area contributed by atoms with Crippen LogP contribution in [0.15, 0.2) is 47.5 Å². The Kier molecular flexibility index (Phi) is 7.70. The molecule has 134 valence electrons. The van der Waals surface area contributed by atoms with E-state index in [0.29, 0.717) is 29.6 Å². The molecular weight excluding hydrogens is 341 g/mol. The maximum absolute atomic E-state index is 13.7. The van der Waals surface area contributed by atoms with Crippen LogP contribution in [-0.4, -0.2) is 19.6 Å². The van der Waals surface area contributed by atoms with Crippen molar-refractivity contribution in [3.63, 3.8) is 0 Å². The van der Waals surface area contributed by atoms with Gasteiger partial charge in [0.15, 0.2) is 5.96 Å². The fraction of sp³-hybridized carbons (Fsp3) is 0.316. The first-order chi connectivity index (χ1) is 12.1. The number of ether oxygens (including phenoxy) is 1. The van der Waals surface area contributed by atoms with Crippen LogP contribution in [0.5, 0.6) is 0 Å². The summed E-state index contributed by atoms with van der Waals surface area (Å²) >= 11 is 6.17. The molecule has 2 aromatic carbocycles. The number of nitrogens with zero attached hydrogens (tertiary/aromatic N) is 1. The van der Waals surface area contributed by atoms with Crippen molar-refractivity contribution in [2.24, 2.45) is 4.99 Å². The van der Waals surface area contributed by atoms with Crippen LogP contribution in [-0.2, 0) is 24.4 Å².